The average molecular weight is 378 g/mol. The Labute approximate surface area is 153 Å². The molecule has 0 unspecified atom stereocenters. The summed E-state index contributed by atoms with van der Waals surface area (Å²) in [4.78, 5) is 26.4. The first-order valence-electron chi connectivity index (χ1n) is 8.14. The molecule has 3 rings (SSSR count). The maximum absolute atomic E-state index is 12.8. The van der Waals surface area contributed by atoms with E-state index in [0.29, 0.717) is 11.4 Å². The van der Waals surface area contributed by atoms with Crippen molar-refractivity contribution in [1.29, 1.82) is 0 Å². The number of nitrogens with one attached hydrogen (secondary N) is 1. The number of amides is 2. The molecule has 0 aromatic heterocycles. The minimum absolute atomic E-state index is 0.129. The zero-order valence-corrected chi connectivity index (χ0v) is 14.6. The van der Waals surface area contributed by atoms with Gasteiger partial charge in [-0.25, -0.2) is 0 Å². The lowest BCUT2D eigenvalue weighted by molar-refractivity contribution is -0.137. The minimum Gasteiger partial charge on any atom is -0.484 e. The van der Waals surface area contributed by atoms with Gasteiger partial charge in [-0.05, 0) is 50.2 Å². The summed E-state index contributed by atoms with van der Waals surface area (Å²) in [7, 11) is 0. The van der Waals surface area contributed by atoms with Gasteiger partial charge in [0.25, 0.3) is 5.91 Å². The van der Waals surface area contributed by atoms with Gasteiger partial charge in [-0.15, -0.1) is 0 Å². The highest BCUT2D eigenvalue weighted by atomic mass is 19.4. The summed E-state index contributed by atoms with van der Waals surface area (Å²) in [6.45, 7) is 2.79. The summed E-state index contributed by atoms with van der Waals surface area (Å²) in [5.74, 6) is -0.699. The third-order valence-corrected chi connectivity index (χ3v) is 4.30. The summed E-state index contributed by atoms with van der Waals surface area (Å²) in [6, 6.07) is 10.9. The van der Waals surface area contributed by atoms with Crippen LogP contribution in [0.1, 0.15) is 19.4 Å². The van der Waals surface area contributed by atoms with Crippen molar-refractivity contribution in [3.63, 3.8) is 0 Å². The minimum atomic E-state index is -4.44. The van der Waals surface area contributed by atoms with Crippen molar-refractivity contribution in [2.24, 2.45) is 0 Å². The summed E-state index contributed by atoms with van der Waals surface area (Å²) >= 11 is 0. The second-order valence-electron chi connectivity index (χ2n) is 6.57. The van der Waals surface area contributed by atoms with Crippen molar-refractivity contribution in [2.45, 2.75) is 25.6 Å². The third-order valence-electron chi connectivity index (χ3n) is 4.30. The Morgan fingerprint density at radius 1 is 1.11 bits per heavy atom. The van der Waals surface area contributed by atoms with Crippen LogP contribution in [0.3, 0.4) is 0 Å². The molecule has 0 spiro atoms. The lowest BCUT2D eigenvalue weighted by Gasteiger charge is -2.41. The van der Waals surface area contributed by atoms with E-state index in [1.54, 1.807) is 38.1 Å². The van der Waals surface area contributed by atoms with Crippen molar-refractivity contribution in [1.82, 2.24) is 0 Å². The summed E-state index contributed by atoms with van der Waals surface area (Å²) in [5, 5.41) is 2.75. The number of benzene rings is 2. The van der Waals surface area contributed by atoms with Crippen LogP contribution in [-0.4, -0.2) is 24.0 Å². The number of fused-ring (bicyclic) bond motifs is 1. The van der Waals surface area contributed by atoms with E-state index in [4.69, 9.17) is 4.74 Å². The molecule has 0 atom stereocenters. The number of nitrogens with zero attached hydrogens (tertiary/aromatic N) is 1. The Bertz CT molecular complexity index is 877. The molecule has 2 amide bonds. The third kappa shape index (κ3) is 3.60. The van der Waals surface area contributed by atoms with Crippen LogP contribution in [0.25, 0.3) is 0 Å². The van der Waals surface area contributed by atoms with E-state index in [1.807, 2.05) is 0 Å². The largest absolute Gasteiger partial charge is 0.484 e. The van der Waals surface area contributed by atoms with E-state index < -0.39 is 29.8 Å². The van der Waals surface area contributed by atoms with E-state index in [-0.39, 0.29) is 11.7 Å². The Hall–Kier alpha value is -3.03. The van der Waals surface area contributed by atoms with Crippen LogP contribution in [0.4, 0.5) is 24.5 Å². The van der Waals surface area contributed by atoms with Crippen molar-refractivity contribution in [3.8, 4) is 5.75 Å². The highest BCUT2D eigenvalue weighted by Gasteiger charge is 2.43. The van der Waals surface area contributed by atoms with Crippen LogP contribution >= 0.6 is 0 Å². The molecule has 1 aliphatic heterocycles. The van der Waals surface area contributed by atoms with Gasteiger partial charge in [0.05, 0.1) is 16.9 Å². The Morgan fingerprint density at radius 3 is 2.37 bits per heavy atom. The first-order valence-corrected chi connectivity index (χ1v) is 8.14. The van der Waals surface area contributed by atoms with Crippen molar-refractivity contribution >= 4 is 23.2 Å². The second kappa shape index (κ2) is 6.61. The van der Waals surface area contributed by atoms with Gasteiger partial charge < -0.3 is 10.1 Å². The molecule has 0 fully saturated rings. The summed E-state index contributed by atoms with van der Waals surface area (Å²) in [6.07, 6.45) is -4.44. The van der Waals surface area contributed by atoms with E-state index in [9.17, 15) is 22.8 Å². The first kappa shape index (κ1) is 18.8. The number of anilines is 2. The zero-order chi connectivity index (χ0) is 19.8. The molecule has 1 aliphatic rings. The lowest BCUT2D eigenvalue weighted by atomic mass is 9.96. The van der Waals surface area contributed by atoms with Gasteiger partial charge in [0.1, 0.15) is 11.3 Å². The predicted molar refractivity (Wildman–Crippen MR) is 93.6 cm³/mol. The zero-order valence-electron chi connectivity index (χ0n) is 14.6. The fourth-order valence-electron chi connectivity index (χ4n) is 2.85. The molecule has 2 aromatic carbocycles. The maximum atomic E-state index is 12.8. The average Bonchev–Trinajstić information content (AvgIpc) is 2.60. The smallest absolute Gasteiger partial charge is 0.416 e. The van der Waals surface area contributed by atoms with Crippen molar-refractivity contribution < 1.29 is 27.5 Å². The number of hydrogen-bond acceptors (Lipinski definition) is 3. The molecule has 0 aliphatic carbocycles. The Balaban J connectivity index is 1.78. The number of ether oxygens (including phenoxy) is 1. The molecular formula is C19H17F3N2O3. The Kier molecular flexibility index (Phi) is 4.59. The molecule has 2 aromatic rings. The summed E-state index contributed by atoms with van der Waals surface area (Å²) in [5.41, 5.74) is -0.911. The molecule has 0 saturated carbocycles. The molecule has 8 heteroatoms. The lowest BCUT2D eigenvalue weighted by Crippen LogP contribution is -2.59. The van der Waals surface area contributed by atoms with E-state index in [0.717, 1.165) is 24.3 Å². The fourth-order valence-corrected chi connectivity index (χ4v) is 2.85. The molecule has 142 valence electrons. The number of halogens is 3. The molecular weight excluding hydrogens is 361 g/mol. The van der Waals surface area contributed by atoms with Gasteiger partial charge in [-0.2, -0.15) is 13.2 Å². The van der Waals surface area contributed by atoms with Gasteiger partial charge >= 0.3 is 6.18 Å². The SMILES string of the molecule is CC1(C)C(=O)Nc2ccccc2N1C(=O)COc1ccc(C(F)(F)F)cc1. The number of hydrogen-bond donors (Lipinski definition) is 1. The van der Waals surface area contributed by atoms with Crippen LogP contribution in [0.2, 0.25) is 0 Å². The number of alkyl halides is 3. The van der Waals surface area contributed by atoms with Gasteiger partial charge in [0.2, 0.25) is 5.91 Å². The van der Waals surface area contributed by atoms with E-state index in [2.05, 4.69) is 5.32 Å². The number of carbonyl (C=O) groups excluding carboxylic acids is 2. The quantitative estimate of drug-likeness (QED) is 0.883. The van der Waals surface area contributed by atoms with Crippen LogP contribution in [0.15, 0.2) is 48.5 Å². The molecule has 0 bridgehead atoms. The van der Waals surface area contributed by atoms with Crippen LogP contribution < -0.4 is 15.0 Å². The number of rotatable bonds is 3. The molecule has 0 radical (unpaired) electrons. The topological polar surface area (TPSA) is 58.6 Å². The van der Waals surface area contributed by atoms with Crippen molar-refractivity contribution in [2.75, 3.05) is 16.8 Å². The predicted octanol–water partition coefficient (Wildman–Crippen LogP) is 3.85. The molecule has 1 N–H and O–H groups in total. The van der Waals surface area contributed by atoms with Gasteiger partial charge in [-0.3, -0.25) is 14.5 Å². The summed E-state index contributed by atoms with van der Waals surface area (Å²) < 4.78 is 43.1. The highest BCUT2D eigenvalue weighted by molar-refractivity contribution is 6.14. The fraction of sp³-hybridized carbons (Fsp3) is 0.263. The van der Waals surface area contributed by atoms with Crippen LogP contribution in [-0.2, 0) is 15.8 Å². The van der Waals surface area contributed by atoms with Gasteiger partial charge in [0, 0.05) is 0 Å². The molecule has 0 saturated heterocycles. The van der Waals surface area contributed by atoms with E-state index in [1.165, 1.54) is 4.90 Å². The van der Waals surface area contributed by atoms with Crippen LogP contribution in [0.5, 0.6) is 5.75 Å². The highest BCUT2D eigenvalue weighted by Crippen LogP contribution is 2.36. The van der Waals surface area contributed by atoms with Crippen LogP contribution in [0, 0.1) is 0 Å². The molecule has 5 nitrogen and oxygen atoms in total. The second-order valence-corrected chi connectivity index (χ2v) is 6.57. The maximum Gasteiger partial charge on any atom is 0.416 e. The number of carbonyl (C=O) groups is 2. The van der Waals surface area contributed by atoms with Crippen molar-refractivity contribution in [3.05, 3.63) is 54.1 Å². The monoisotopic (exact) mass is 378 g/mol. The molecule has 27 heavy (non-hydrogen) atoms. The van der Waals surface area contributed by atoms with Gasteiger partial charge in [0.15, 0.2) is 6.61 Å². The van der Waals surface area contributed by atoms with Gasteiger partial charge in [-0.1, -0.05) is 12.1 Å². The normalized spacial score (nSPS) is 15.7. The first-order chi connectivity index (χ1) is 12.6. The standard InChI is InChI=1S/C19H17F3N2O3/c1-18(2)17(26)23-14-5-3-4-6-15(14)24(18)16(25)11-27-13-9-7-12(8-10-13)19(20,21)22/h3-10H,11H2,1-2H3,(H,23,26). The number of para-hydroxylation sites is 2. The Morgan fingerprint density at radius 2 is 1.74 bits per heavy atom. The van der Waals surface area contributed by atoms with E-state index >= 15 is 0 Å². The molecule has 1 heterocycles.